The first kappa shape index (κ1) is 23.9. The number of hydrogen-bond donors (Lipinski definition) is 2. The fourth-order valence-electron chi connectivity index (χ4n) is 3.49. The maximum Gasteiger partial charge on any atom is 0.414 e. The number of hydrogen-bond acceptors (Lipinski definition) is 6. The van der Waals surface area contributed by atoms with Gasteiger partial charge in [-0.05, 0) is 23.8 Å². The van der Waals surface area contributed by atoms with E-state index in [0.717, 1.165) is 5.56 Å². The molecule has 0 radical (unpaired) electrons. The van der Waals surface area contributed by atoms with Crippen molar-refractivity contribution in [3.05, 3.63) is 72.2 Å². The lowest BCUT2D eigenvalue weighted by molar-refractivity contribution is -0.121. The molecule has 11 heteroatoms. The van der Waals surface area contributed by atoms with Crippen molar-refractivity contribution in [1.82, 2.24) is 15.1 Å². The van der Waals surface area contributed by atoms with Crippen molar-refractivity contribution in [1.29, 1.82) is 0 Å². The summed E-state index contributed by atoms with van der Waals surface area (Å²) < 4.78 is 26.8. The van der Waals surface area contributed by atoms with Crippen LogP contribution in [0.5, 0.6) is 0 Å². The van der Waals surface area contributed by atoms with Gasteiger partial charge >= 0.3 is 6.09 Å². The van der Waals surface area contributed by atoms with Crippen LogP contribution >= 0.6 is 0 Å². The second-order valence-corrected chi connectivity index (χ2v) is 7.86. The highest BCUT2D eigenvalue weighted by atomic mass is 19.1. The van der Waals surface area contributed by atoms with Crippen molar-refractivity contribution in [3.63, 3.8) is 0 Å². The van der Waals surface area contributed by atoms with Gasteiger partial charge in [0.25, 0.3) is 5.91 Å². The van der Waals surface area contributed by atoms with Gasteiger partial charge in [-0.2, -0.15) is 0 Å². The molecule has 0 bridgehead atoms. The van der Waals surface area contributed by atoms with Crippen LogP contribution < -0.4 is 15.5 Å². The molecule has 1 aromatic heterocycles. The van der Waals surface area contributed by atoms with Gasteiger partial charge in [-0.1, -0.05) is 30.3 Å². The zero-order valence-corrected chi connectivity index (χ0v) is 18.9. The summed E-state index contributed by atoms with van der Waals surface area (Å²) in [4.78, 5) is 36.6. The van der Waals surface area contributed by atoms with Crippen LogP contribution in [0.3, 0.4) is 0 Å². The number of benzene rings is 2. The minimum absolute atomic E-state index is 0.136. The summed E-state index contributed by atoms with van der Waals surface area (Å²) >= 11 is 0. The zero-order chi connectivity index (χ0) is 24.8. The Morgan fingerprint density at radius 1 is 1.20 bits per heavy atom. The van der Waals surface area contributed by atoms with Crippen LogP contribution in [0.1, 0.15) is 12.5 Å². The average molecular weight is 481 g/mol. The molecule has 3 amide bonds. The van der Waals surface area contributed by atoms with E-state index in [1.165, 1.54) is 40.9 Å². The summed E-state index contributed by atoms with van der Waals surface area (Å²) in [5, 5.41) is 9.38. The number of aromatic nitrogens is 2. The Morgan fingerprint density at radius 3 is 2.74 bits per heavy atom. The van der Waals surface area contributed by atoms with Crippen LogP contribution in [-0.4, -0.2) is 53.5 Å². The number of anilines is 2. The fourth-order valence-corrected chi connectivity index (χ4v) is 3.49. The molecule has 2 aromatic carbocycles. The highest BCUT2D eigenvalue weighted by Gasteiger charge is 2.32. The van der Waals surface area contributed by atoms with Crippen LogP contribution in [0, 0.1) is 5.82 Å². The minimum atomic E-state index is -0.619. The Labute approximate surface area is 200 Å². The first-order chi connectivity index (χ1) is 16.9. The maximum atomic E-state index is 14.9. The molecule has 1 saturated heterocycles. The summed E-state index contributed by atoms with van der Waals surface area (Å²) in [5.74, 6) is -0.994. The number of rotatable bonds is 9. The highest BCUT2D eigenvalue weighted by molar-refractivity contribution is 5.91. The van der Waals surface area contributed by atoms with Crippen molar-refractivity contribution < 1.29 is 28.2 Å². The van der Waals surface area contributed by atoms with Gasteiger partial charge in [-0.15, -0.1) is 5.10 Å². The molecule has 0 saturated carbocycles. The molecule has 0 spiro atoms. The molecule has 0 aliphatic carbocycles. The van der Waals surface area contributed by atoms with Gasteiger partial charge in [0.05, 0.1) is 25.4 Å². The fraction of sp³-hybridized carbons (Fsp3) is 0.250. The van der Waals surface area contributed by atoms with Gasteiger partial charge in [-0.25, -0.2) is 13.9 Å². The average Bonchev–Trinajstić information content (AvgIpc) is 3.44. The SMILES string of the molecule is CC(=O)NC[C@H]1CN(c2ccc(-n3ccc(NC(=O)COCc4ccccc4)n3)c(F)c2)C(=O)O1. The maximum absolute atomic E-state index is 14.9. The van der Waals surface area contributed by atoms with E-state index < -0.39 is 18.0 Å². The van der Waals surface area contributed by atoms with E-state index in [4.69, 9.17) is 9.47 Å². The molecule has 35 heavy (non-hydrogen) atoms. The van der Waals surface area contributed by atoms with Crippen molar-refractivity contribution in [2.24, 2.45) is 0 Å². The van der Waals surface area contributed by atoms with Gasteiger partial charge in [0.15, 0.2) is 11.6 Å². The molecule has 2 heterocycles. The molecule has 2 N–H and O–H groups in total. The third-order valence-corrected chi connectivity index (χ3v) is 5.14. The van der Waals surface area contributed by atoms with Crippen molar-refractivity contribution in [2.45, 2.75) is 19.6 Å². The third-order valence-electron chi connectivity index (χ3n) is 5.14. The van der Waals surface area contributed by atoms with Crippen LogP contribution in [0.15, 0.2) is 60.8 Å². The van der Waals surface area contributed by atoms with E-state index in [0.29, 0.717) is 12.3 Å². The van der Waals surface area contributed by atoms with Crippen LogP contribution in [0.25, 0.3) is 5.69 Å². The molecule has 182 valence electrons. The smallest absolute Gasteiger partial charge is 0.414 e. The quantitative estimate of drug-likeness (QED) is 0.486. The first-order valence-electron chi connectivity index (χ1n) is 10.9. The number of nitrogens with one attached hydrogen (secondary N) is 2. The lowest BCUT2D eigenvalue weighted by Crippen LogP contribution is -2.33. The second-order valence-electron chi connectivity index (χ2n) is 7.86. The highest BCUT2D eigenvalue weighted by Crippen LogP contribution is 2.25. The first-order valence-corrected chi connectivity index (χ1v) is 10.9. The number of amides is 3. The Balaban J connectivity index is 1.33. The molecule has 1 aliphatic rings. The Kier molecular flexibility index (Phi) is 7.36. The Morgan fingerprint density at radius 2 is 2.00 bits per heavy atom. The monoisotopic (exact) mass is 481 g/mol. The normalized spacial score (nSPS) is 15.1. The predicted molar refractivity (Wildman–Crippen MR) is 125 cm³/mol. The predicted octanol–water partition coefficient (Wildman–Crippen LogP) is 2.63. The number of carbonyl (C=O) groups is 3. The number of cyclic esters (lactones) is 1. The van der Waals surface area contributed by atoms with Crippen LogP contribution in [0.4, 0.5) is 20.7 Å². The van der Waals surface area contributed by atoms with Gasteiger partial charge < -0.3 is 20.1 Å². The van der Waals surface area contributed by atoms with Crippen LogP contribution in [-0.2, 0) is 25.7 Å². The zero-order valence-electron chi connectivity index (χ0n) is 18.9. The largest absolute Gasteiger partial charge is 0.442 e. The van der Waals surface area contributed by atoms with E-state index in [9.17, 15) is 18.8 Å². The van der Waals surface area contributed by atoms with Gasteiger partial charge in [0.2, 0.25) is 5.91 Å². The van der Waals surface area contributed by atoms with Crippen LogP contribution in [0.2, 0.25) is 0 Å². The molecule has 10 nitrogen and oxygen atoms in total. The summed E-state index contributed by atoms with van der Waals surface area (Å²) in [6.45, 7) is 1.88. The van der Waals surface area contributed by atoms with E-state index in [-0.39, 0.29) is 43.0 Å². The van der Waals surface area contributed by atoms with E-state index in [1.807, 2.05) is 30.3 Å². The van der Waals surface area contributed by atoms with E-state index in [1.54, 1.807) is 6.07 Å². The molecular weight excluding hydrogens is 457 g/mol. The van der Waals surface area contributed by atoms with Gasteiger partial charge in [-0.3, -0.25) is 14.5 Å². The molecule has 1 fully saturated rings. The van der Waals surface area contributed by atoms with Crippen molar-refractivity contribution >= 4 is 29.4 Å². The minimum Gasteiger partial charge on any atom is -0.442 e. The van der Waals surface area contributed by atoms with Crippen molar-refractivity contribution in [2.75, 3.05) is 29.9 Å². The lowest BCUT2D eigenvalue weighted by Gasteiger charge is -2.14. The summed E-state index contributed by atoms with van der Waals surface area (Å²) in [6, 6.07) is 15.2. The van der Waals surface area contributed by atoms with Gasteiger partial charge in [0.1, 0.15) is 18.4 Å². The molecule has 3 aromatic rings. The van der Waals surface area contributed by atoms with E-state index >= 15 is 0 Å². The molecule has 1 aliphatic heterocycles. The molecule has 4 rings (SSSR count). The molecule has 1 atom stereocenters. The van der Waals surface area contributed by atoms with Crippen molar-refractivity contribution in [3.8, 4) is 5.69 Å². The lowest BCUT2D eigenvalue weighted by atomic mass is 10.2. The summed E-state index contributed by atoms with van der Waals surface area (Å²) in [7, 11) is 0. The topological polar surface area (TPSA) is 115 Å². The van der Waals surface area contributed by atoms with E-state index in [2.05, 4.69) is 15.7 Å². The Hall–Kier alpha value is -4.25. The third kappa shape index (κ3) is 6.21. The van der Waals surface area contributed by atoms with Gasteiger partial charge in [0, 0.05) is 19.2 Å². The summed E-state index contributed by atoms with van der Waals surface area (Å²) in [5.41, 5.74) is 1.41. The molecule has 0 unspecified atom stereocenters. The Bertz CT molecular complexity index is 1220. The number of halogens is 1. The second kappa shape index (κ2) is 10.8. The standard InChI is InChI=1S/C24H24FN5O5/c1-16(31)26-12-19-13-29(24(33)35-19)18-7-8-21(20(25)11-18)30-10-9-22(28-30)27-23(32)15-34-14-17-5-3-2-4-6-17/h2-11,19H,12-15H2,1H3,(H,26,31)(H,27,28,32)/t19-/m0/s1. The number of ether oxygens (including phenoxy) is 2. The number of carbonyl (C=O) groups excluding carboxylic acids is 3. The number of nitrogens with zero attached hydrogens (tertiary/aromatic N) is 3. The summed E-state index contributed by atoms with van der Waals surface area (Å²) in [6.07, 6.45) is 0.362. The molecular formula is C24H24FN5O5.